The molecule has 0 radical (unpaired) electrons. The third-order valence-corrected chi connectivity index (χ3v) is 0. The van der Waals surface area contributed by atoms with Gasteiger partial charge < -0.3 is 126 Å². The van der Waals surface area contributed by atoms with Gasteiger partial charge in [0.15, 0.2) is 0 Å². The SMILES string of the molecule is O=[Si]([O-])[O-].O=[Si]([O-])[O-].O=[Si]([O-])[O-].O=[Si]([O-])[O-].O=[Si]([O-])[O-].O=[Si]([O-])[O-].O=[Si]([O-])[O-].O=[Si]([O-])[O-].O=[Si]([O-])[O-].[Al+3].[Al+3].[Ba+2].[Ba+2].[Mg+2].[Mg+2].[Zn+2].[Zn+2]. The van der Waals surface area contributed by atoms with E-state index >= 15 is 0 Å². The molecule has 0 N–H and O–H groups in total. The molecule has 0 aliphatic heterocycles. The monoisotopic (exact) mass is 1190 g/mol. The summed E-state index contributed by atoms with van der Waals surface area (Å²) in [5.74, 6) is 0. The normalized spacial score (nSPS) is 4.91. The van der Waals surface area contributed by atoms with Gasteiger partial charge in [-0.15, -0.1) is 0 Å². The fourth-order valence-corrected chi connectivity index (χ4v) is 0. The zero-order chi connectivity index (χ0) is 32.2. The Balaban J connectivity index is -0.0000000121. The summed E-state index contributed by atoms with van der Waals surface area (Å²) in [6.07, 6.45) is 0. The van der Waals surface area contributed by atoms with Crippen molar-refractivity contribution >= 4 is 261 Å². The summed E-state index contributed by atoms with van der Waals surface area (Å²) < 4.78 is 76.7. The minimum Gasteiger partial charge on any atom is -0.672 e. The summed E-state index contributed by atoms with van der Waals surface area (Å²) in [5.41, 5.74) is 0. The molecule has 44 heavy (non-hydrogen) atoms. The molecule has 0 aliphatic rings. The fourth-order valence-electron chi connectivity index (χ4n) is 0. The van der Waals surface area contributed by atoms with Crippen molar-refractivity contribution < 1.29 is 165 Å². The van der Waals surface area contributed by atoms with Crippen molar-refractivity contribution in [3.8, 4) is 0 Å². The van der Waals surface area contributed by atoms with Crippen LogP contribution in [0, 0.1) is 0 Å². The van der Waals surface area contributed by atoms with Crippen molar-refractivity contribution in [2.45, 2.75) is 0 Å². The summed E-state index contributed by atoms with van der Waals surface area (Å²) in [7, 11) is -32.7. The molecular formula is Al2Ba2Mg2O27Si9Zn2. The van der Waals surface area contributed by atoms with Crippen LogP contribution in [0.25, 0.3) is 0 Å². The molecular weight excluding hydrogens is 1190 g/mol. The van der Waals surface area contributed by atoms with Gasteiger partial charge in [-0.05, 0) is 0 Å². The van der Waals surface area contributed by atoms with Crippen molar-refractivity contribution in [1.29, 1.82) is 0 Å². The van der Waals surface area contributed by atoms with E-state index in [4.69, 9.17) is 126 Å². The van der Waals surface area contributed by atoms with E-state index in [9.17, 15) is 0 Å². The summed E-state index contributed by atoms with van der Waals surface area (Å²) in [4.78, 5) is 153. The van der Waals surface area contributed by atoms with Crippen molar-refractivity contribution in [3.63, 3.8) is 0 Å². The van der Waals surface area contributed by atoms with Crippen LogP contribution in [0.5, 0.6) is 0 Å². The molecule has 0 aromatic rings. The Morgan fingerprint density at radius 1 is 0.227 bits per heavy atom. The van der Waals surface area contributed by atoms with Gasteiger partial charge in [0.25, 0.3) is 0 Å². The Morgan fingerprint density at radius 3 is 0.227 bits per heavy atom. The van der Waals surface area contributed by atoms with Crippen LogP contribution in [0.2, 0.25) is 0 Å². The largest absolute Gasteiger partial charge is 3.00 e. The second-order valence-electron chi connectivity index (χ2n) is 2.25. The first-order chi connectivity index (χ1) is 15.6. The maximum atomic E-state index is 8.52. The molecule has 216 valence electrons. The van der Waals surface area contributed by atoms with Crippen LogP contribution < -0.4 is 86.3 Å². The van der Waals surface area contributed by atoms with E-state index in [1.807, 2.05) is 0 Å². The van der Waals surface area contributed by atoms with Crippen molar-refractivity contribution in [3.05, 3.63) is 0 Å². The van der Waals surface area contributed by atoms with E-state index in [0.717, 1.165) is 0 Å². The molecule has 0 fully saturated rings. The number of hydrogen-bond donors (Lipinski definition) is 0. The predicted molar refractivity (Wildman–Crippen MR) is 92.5 cm³/mol. The van der Waals surface area contributed by atoms with Gasteiger partial charge in [-0.1, -0.05) is 0 Å². The van der Waals surface area contributed by atoms with E-state index in [1.54, 1.807) is 0 Å². The summed E-state index contributed by atoms with van der Waals surface area (Å²) in [6, 6.07) is 0. The molecule has 0 saturated carbocycles. The molecule has 0 atom stereocenters. The Morgan fingerprint density at radius 2 is 0.227 bits per heavy atom. The molecule has 0 unspecified atom stereocenters. The Bertz CT molecular complexity index is 454. The Hall–Kier alpha value is 3.54. The average Bonchev–Trinajstić information content (AvgIpc) is 2.39. The van der Waals surface area contributed by atoms with E-state index in [-0.39, 0.29) is 218 Å². The summed E-state index contributed by atoms with van der Waals surface area (Å²) >= 11 is 0. The average molecular weight is 1190 g/mol. The fraction of sp³-hybridized carbons (Fsp3) is 0. The molecule has 0 spiro atoms. The van der Waals surface area contributed by atoms with Crippen LogP contribution in [0.3, 0.4) is 0 Å². The van der Waals surface area contributed by atoms with Crippen LogP contribution in [0.15, 0.2) is 0 Å². The minimum atomic E-state index is -3.63. The van der Waals surface area contributed by atoms with Crippen LogP contribution in [-0.2, 0) is 79.1 Å². The van der Waals surface area contributed by atoms with Gasteiger partial charge in [-0.2, -0.15) is 0 Å². The number of rotatable bonds is 0. The standard InChI is InChI=1S/2Al.2Ba.2Mg.9O3Si.2Zn/c;;;;;;9*1-4(2)3;;/q2*+3;4*+2;9*-2;2*+2. The van der Waals surface area contributed by atoms with Crippen molar-refractivity contribution in [2.75, 3.05) is 0 Å². The van der Waals surface area contributed by atoms with Crippen LogP contribution >= 0.6 is 0 Å². The Labute approximate surface area is 418 Å². The van der Waals surface area contributed by atoms with Gasteiger partial charge in [0, 0.05) is 82.5 Å². The van der Waals surface area contributed by atoms with E-state index in [0.29, 0.717) is 0 Å². The third-order valence-electron chi connectivity index (χ3n) is 0. The van der Waals surface area contributed by atoms with Gasteiger partial charge in [-0.25, -0.2) is 0 Å². The summed E-state index contributed by atoms with van der Waals surface area (Å²) in [5, 5.41) is 0. The molecule has 0 heterocycles. The third kappa shape index (κ3) is 7210. The van der Waals surface area contributed by atoms with Crippen LogP contribution in [-0.4, -0.2) is 261 Å². The van der Waals surface area contributed by atoms with Crippen molar-refractivity contribution in [2.24, 2.45) is 0 Å². The quantitative estimate of drug-likeness (QED) is 0.203. The first-order valence-electron chi connectivity index (χ1n) is 5.51. The summed E-state index contributed by atoms with van der Waals surface area (Å²) in [6.45, 7) is 0. The van der Waals surface area contributed by atoms with Gasteiger partial charge >= 0.3 is 218 Å². The molecule has 0 aromatic carbocycles. The molecule has 0 rings (SSSR count). The molecule has 0 aliphatic carbocycles. The minimum absolute atomic E-state index is 0. The van der Waals surface area contributed by atoms with Gasteiger partial charge in [-0.3, -0.25) is 0 Å². The smallest absolute Gasteiger partial charge is 0.672 e. The Kier molecular flexibility index (Phi) is 260. The molecule has 27 nitrogen and oxygen atoms in total. The predicted octanol–water partition coefficient (Wildman–Crippen LogP) is -28.2. The van der Waals surface area contributed by atoms with Gasteiger partial charge in [0.05, 0.1) is 0 Å². The maximum Gasteiger partial charge on any atom is 3.00 e. The molecule has 0 aromatic heterocycles. The van der Waals surface area contributed by atoms with E-state index in [1.165, 1.54) is 0 Å². The van der Waals surface area contributed by atoms with E-state index in [2.05, 4.69) is 0 Å². The van der Waals surface area contributed by atoms with Gasteiger partial charge in [0.2, 0.25) is 0 Å². The molecule has 0 amide bonds. The molecule has 44 heteroatoms. The first-order valence-corrected chi connectivity index (χ1v) is 16.5. The zero-order valence-corrected chi connectivity index (χ0v) is 49.9. The van der Waals surface area contributed by atoms with E-state index < -0.39 is 82.5 Å². The first kappa shape index (κ1) is 110. The van der Waals surface area contributed by atoms with Crippen molar-refractivity contribution in [1.82, 2.24) is 0 Å². The molecule has 0 saturated heterocycles. The van der Waals surface area contributed by atoms with Crippen LogP contribution in [0.4, 0.5) is 0 Å². The number of hydrogen-bond acceptors (Lipinski definition) is 27. The van der Waals surface area contributed by atoms with Gasteiger partial charge in [0.1, 0.15) is 0 Å². The maximum absolute atomic E-state index is 8.52. The van der Waals surface area contributed by atoms with Crippen LogP contribution in [0.1, 0.15) is 0 Å². The second kappa shape index (κ2) is 103. The topological polar surface area (TPSA) is 569 Å². The molecule has 0 bridgehead atoms. The second-order valence-corrected chi connectivity index (χ2v) is 6.75. The zero-order valence-electron chi connectivity index (χ0n) is 20.9.